The number of hydrogen-bond acceptors (Lipinski definition) is 7. The lowest BCUT2D eigenvalue weighted by atomic mass is 10.1. The summed E-state index contributed by atoms with van der Waals surface area (Å²) in [7, 11) is -3.85. The quantitative estimate of drug-likeness (QED) is 0.649. The number of fused-ring (bicyclic) bond motifs is 1. The Morgan fingerprint density at radius 1 is 1.19 bits per heavy atom. The Labute approximate surface area is 175 Å². The molecule has 8 nitrogen and oxygen atoms in total. The second-order valence-corrected chi connectivity index (χ2v) is 9.68. The molecule has 0 aliphatic carbocycles. The van der Waals surface area contributed by atoms with Crippen molar-refractivity contribution in [1.82, 2.24) is 5.16 Å². The third-order valence-corrected chi connectivity index (χ3v) is 6.24. The predicted molar refractivity (Wildman–Crippen MR) is 108 cm³/mol. The van der Waals surface area contributed by atoms with Crippen LogP contribution in [0.4, 0.5) is 14.5 Å². The van der Waals surface area contributed by atoms with Gasteiger partial charge >= 0.3 is 0 Å². The van der Waals surface area contributed by atoms with Gasteiger partial charge in [0.25, 0.3) is 5.91 Å². The van der Waals surface area contributed by atoms with Crippen LogP contribution in [-0.2, 0) is 20.4 Å². The topological polar surface area (TPSA) is 111 Å². The third kappa shape index (κ3) is 4.26. The molecule has 0 bridgehead atoms. The molecule has 0 atom stereocenters. The fourth-order valence-electron chi connectivity index (χ4n) is 3.04. The number of amides is 1. The maximum atomic E-state index is 14.4. The Kier molecular flexibility index (Phi) is 5.00. The van der Waals surface area contributed by atoms with E-state index in [0.29, 0.717) is 0 Å². The first-order valence-electron chi connectivity index (χ1n) is 9.17. The Hall–Kier alpha value is -3.34. The normalized spacial score (nSPS) is 15.5. The van der Waals surface area contributed by atoms with Crippen LogP contribution in [0, 0.1) is 11.6 Å². The molecule has 1 aliphatic heterocycles. The molecule has 1 aromatic heterocycles. The molecule has 4 rings (SSSR count). The van der Waals surface area contributed by atoms with Gasteiger partial charge in [-0.3, -0.25) is 4.79 Å². The summed E-state index contributed by atoms with van der Waals surface area (Å²) in [4.78, 5) is 17.5. The zero-order chi connectivity index (χ0) is 22.4. The van der Waals surface area contributed by atoms with Crippen LogP contribution in [0.3, 0.4) is 0 Å². The number of hydrogen-bond donors (Lipinski definition) is 1. The van der Waals surface area contributed by atoms with Gasteiger partial charge in [-0.25, -0.2) is 17.2 Å². The number of anilines is 1. The van der Waals surface area contributed by atoms with Gasteiger partial charge in [0, 0.05) is 23.4 Å². The fraction of sp³-hybridized carbons (Fsp3) is 0.250. The van der Waals surface area contributed by atoms with Crippen LogP contribution < -0.4 is 5.32 Å². The number of carbonyl (C=O) groups excluding carboxylic acids is 1. The Bertz CT molecular complexity index is 1310. The molecule has 0 spiro atoms. The van der Waals surface area contributed by atoms with Crippen LogP contribution in [-0.4, -0.2) is 30.1 Å². The molecule has 2 heterocycles. The van der Waals surface area contributed by atoms with Crippen molar-refractivity contribution in [2.75, 3.05) is 5.32 Å². The van der Waals surface area contributed by atoms with Crippen molar-refractivity contribution in [2.45, 2.75) is 31.6 Å². The van der Waals surface area contributed by atoms with E-state index in [0.717, 1.165) is 18.2 Å². The first-order valence-corrected chi connectivity index (χ1v) is 10.8. The number of rotatable bonds is 4. The Morgan fingerprint density at radius 3 is 2.55 bits per heavy atom. The average Bonchev–Trinajstić information content (AvgIpc) is 3.25. The largest absolute Gasteiger partial charge is 0.389 e. The van der Waals surface area contributed by atoms with Crippen molar-refractivity contribution in [3.8, 4) is 0 Å². The van der Waals surface area contributed by atoms with E-state index in [4.69, 9.17) is 9.36 Å². The molecule has 0 unspecified atom stereocenters. The first-order chi connectivity index (χ1) is 14.5. The van der Waals surface area contributed by atoms with Gasteiger partial charge in [-0.1, -0.05) is 10.3 Å². The zero-order valence-electron chi connectivity index (χ0n) is 16.5. The molecule has 1 amide bonds. The molecule has 0 radical (unpaired) electrons. The third-order valence-electron chi connectivity index (χ3n) is 4.65. The smallest absolute Gasteiger partial charge is 0.255 e. The number of nitrogens with zero attached hydrogens (tertiary/aromatic N) is 2. The van der Waals surface area contributed by atoms with Crippen LogP contribution >= 0.6 is 0 Å². The number of benzene rings is 2. The average molecular weight is 449 g/mol. The van der Waals surface area contributed by atoms with Gasteiger partial charge in [-0.2, -0.15) is 0 Å². The fourth-order valence-corrected chi connectivity index (χ4v) is 4.49. The molecular weight excluding hydrogens is 432 g/mol. The molecule has 1 N–H and O–H groups in total. The lowest BCUT2D eigenvalue weighted by Crippen LogP contribution is -2.23. The van der Waals surface area contributed by atoms with Gasteiger partial charge in [-0.15, -0.1) is 0 Å². The summed E-state index contributed by atoms with van der Waals surface area (Å²) in [6.45, 7) is 3.42. The minimum atomic E-state index is -3.85. The SMILES string of the molecule is CC1(C)CC(S(=O)(=O)Cc2noc3cc(F)c(NC(=O)c4ccc(F)cc4)cc23)=NO1. The van der Waals surface area contributed by atoms with Gasteiger partial charge in [0.1, 0.15) is 22.9 Å². The van der Waals surface area contributed by atoms with Gasteiger partial charge in [-0.05, 0) is 44.2 Å². The minimum absolute atomic E-state index is 0.0208. The van der Waals surface area contributed by atoms with Crippen molar-refractivity contribution in [1.29, 1.82) is 0 Å². The molecule has 31 heavy (non-hydrogen) atoms. The van der Waals surface area contributed by atoms with Gasteiger partial charge in [0.05, 0.1) is 5.69 Å². The van der Waals surface area contributed by atoms with Gasteiger partial charge < -0.3 is 14.7 Å². The maximum absolute atomic E-state index is 14.4. The number of sulfone groups is 1. The molecular formula is C20H17F2N3O5S. The number of halogens is 2. The predicted octanol–water partition coefficient (Wildman–Crippen LogP) is 3.79. The zero-order valence-corrected chi connectivity index (χ0v) is 17.3. The number of oxime groups is 1. The van der Waals surface area contributed by atoms with Gasteiger partial charge in [0.15, 0.2) is 16.4 Å². The maximum Gasteiger partial charge on any atom is 0.255 e. The molecule has 3 aromatic rings. The molecule has 0 saturated heterocycles. The van der Waals surface area contributed by atoms with E-state index in [9.17, 15) is 22.0 Å². The molecule has 11 heteroatoms. The van der Waals surface area contributed by atoms with Crippen LogP contribution in [0.5, 0.6) is 0 Å². The molecule has 2 aromatic carbocycles. The highest BCUT2D eigenvalue weighted by molar-refractivity contribution is 8.05. The van der Waals surface area contributed by atoms with Crippen LogP contribution in [0.1, 0.15) is 36.3 Å². The molecule has 1 aliphatic rings. The lowest BCUT2D eigenvalue weighted by Gasteiger charge is -2.13. The molecule has 0 saturated carbocycles. The number of nitrogens with one attached hydrogen (secondary N) is 1. The van der Waals surface area contributed by atoms with E-state index in [1.165, 1.54) is 18.2 Å². The minimum Gasteiger partial charge on any atom is -0.389 e. The van der Waals surface area contributed by atoms with E-state index in [1.807, 2.05) is 0 Å². The molecule has 0 fully saturated rings. The lowest BCUT2D eigenvalue weighted by molar-refractivity contribution is 0.0123. The highest BCUT2D eigenvalue weighted by atomic mass is 32.2. The van der Waals surface area contributed by atoms with Crippen LogP contribution in [0.25, 0.3) is 11.0 Å². The second kappa shape index (κ2) is 7.41. The van der Waals surface area contributed by atoms with Crippen LogP contribution in [0.2, 0.25) is 0 Å². The van der Waals surface area contributed by atoms with Crippen molar-refractivity contribution < 1.29 is 31.4 Å². The highest BCUT2D eigenvalue weighted by Crippen LogP contribution is 2.30. The summed E-state index contributed by atoms with van der Waals surface area (Å²) in [6, 6.07) is 6.96. The van der Waals surface area contributed by atoms with Crippen molar-refractivity contribution in [3.05, 3.63) is 59.3 Å². The highest BCUT2D eigenvalue weighted by Gasteiger charge is 2.36. The monoisotopic (exact) mass is 449 g/mol. The summed E-state index contributed by atoms with van der Waals surface area (Å²) in [6.07, 6.45) is 0.110. The van der Waals surface area contributed by atoms with E-state index in [2.05, 4.69) is 15.6 Å². The van der Waals surface area contributed by atoms with E-state index in [-0.39, 0.29) is 39.4 Å². The van der Waals surface area contributed by atoms with Gasteiger partial charge in [0.2, 0.25) is 9.84 Å². The van der Waals surface area contributed by atoms with E-state index < -0.39 is 38.7 Å². The number of carbonyl (C=O) groups is 1. The van der Waals surface area contributed by atoms with Crippen molar-refractivity contribution >= 4 is 37.4 Å². The standard InChI is InChI=1S/C20H17F2N3O5S/c1-20(2)9-18(25-30-20)31(27,28)10-16-13-7-15(14(22)8-17(13)29-24-16)23-19(26)11-3-5-12(21)6-4-11/h3-8H,9-10H2,1-2H3,(H,23,26). The Morgan fingerprint density at radius 2 is 1.90 bits per heavy atom. The Balaban J connectivity index is 1.62. The number of aromatic nitrogens is 1. The van der Waals surface area contributed by atoms with Crippen LogP contribution in [0.15, 0.2) is 46.1 Å². The summed E-state index contributed by atoms with van der Waals surface area (Å²) in [5.41, 5.74) is -0.746. The van der Waals surface area contributed by atoms with E-state index in [1.54, 1.807) is 13.8 Å². The summed E-state index contributed by atoms with van der Waals surface area (Å²) in [5.74, 6) is -2.51. The summed E-state index contributed by atoms with van der Waals surface area (Å²) in [5, 5.41) is 9.90. The molecule has 162 valence electrons. The van der Waals surface area contributed by atoms with E-state index >= 15 is 0 Å². The van der Waals surface area contributed by atoms with Crippen molar-refractivity contribution in [3.63, 3.8) is 0 Å². The summed E-state index contributed by atoms with van der Waals surface area (Å²) >= 11 is 0. The summed E-state index contributed by atoms with van der Waals surface area (Å²) < 4.78 is 57.9. The first kappa shape index (κ1) is 20.9. The van der Waals surface area contributed by atoms with Crippen molar-refractivity contribution in [2.24, 2.45) is 5.16 Å². The second-order valence-electron chi connectivity index (χ2n) is 7.69.